The number of hydrogen-bond acceptors (Lipinski definition) is 5. The molecule has 11 heavy (non-hydrogen) atoms. The number of carbonyl (C=O) groups excluding carboxylic acids is 1. The van der Waals surface area contributed by atoms with Crippen molar-refractivity contribution in [2.24, 2.45) is 5.18 Å². The third-order valence-electron chi connectivity index (χ3n) is 0.931. The zero-order chi connectivity index (χ0) is 8.85. The summed E-state index contributed by atoms with van der Waals surface area (Å²) in [5.41, 5.74) is 0. The summed E-state index contributed by atoms with van der Waals surface area (Å²) in [6, 6.07) is -1.73. The molecule has 0 heterocycles. The molecule has 5 nitrogen and oxygen atoms in total. The lowest BCUT2D eigenvalue weighted by Crippen LogP contribution is -2.28. The molecular weight excluding hydrogens is 170 g/mol. The molecule has 0 saturated heterocycles. The minimum atomic E-state index is -1.73. The topological polar surface area (TPSA) is 83.8 Å². The first-order chi connectivity index (χ1) is 5.13. The van der Waals surface area contributed by atoms with Gasteiger partial charge in [0.25, 0.3) is 0 Å². The van der Waals surface area contributed by atoms with Gasteiger partial charge in [-0.3, -0.25) is 4.79 Å². The highest BCUT2D eigenvalue weighted by Gasteiger charge is 2.26. The van der Waals surface area contributed by atoms with Crippen molar-refractivity contribution in [2.45, 2.75) is 6.04 Å². The third-order valence-corrected chi connectivity index (χ3v) is 1.50. The lowest BCUT2D eigenvalue weighted by atomic mass is 10.2. The van der Waals surface area contributed by atoms with Gasteiger partial charge >= 0.3 is 5.97 Å². The van der Waals surface area contributed by atoms with Crippen LogP contribution in [0.25, 0.3) is 0 Å². The summed E-state index contributed by atoms with van der Waals surface area (Å²) < 4.78 is 0. The number of Topliss-reactive ketones (excluding diaryl/α,β-unsaturated/α-hetero) is 1. The highest BCUT2D eigenvalue weighted by Crippen LogP contribution is 1.99. The summed E-state index contributed by atoms with van der Waals surface area (Å²) in [4.78, 5) is 30.6. The molecule has 1 atom stereocenters. The fourth-order valence-electron chi connectivity index (χ4n) is 0.463. The van der Waals surface area contributed by atoms with E-state index in [4.69, 9.17) is 5.11 Å². The largest absolute Gasteiger partial charge is 0.479 e. The number of carboxylic acids is 1. The van der Waals surface area contributed by atoms with Gasteiger partial charge in [-0.05, 0) is 11.4 Å². The molecule has 0 bridgehead atoms. The zero-order valence-electron chi connectivity index (χ0n) is 5.81. The van der Waals surface area contributed by atoms with Gasteiger partial charge in [-0.1, -0.05) is 0 Å². The van der Waals surface area contributed by atoms with Crippen molar-refractivity contribution in [2.75, 3.05) is 12.0 Å². The Labute approximate surface area is 67.1 Å². The van der Waals surface area contributed by atoms with Crippen LogP contribution in [0.15, 0.2) is 5.18 Å². The summed E-state index contributed by atoms with van der Waals surface area (Å²) in [5, 5.41) is 10.4. The van der Waals surface area contributed by atoms with E-state index in [1.54, 1.807) is 6.26 Å². The number of thioether (sulfide) groups is 1. The number of carboxylic acid groups (broad SMARTS) is 1. The van der Waals surface area contributed by atoms with Crippen LogP contribution in [0.1, 0.15) is 0 Å². The molecule has 0 rings (SSSR count). The summed E-state index contributed by atoms with van der Waals surface area (Å²) in [5.74, 6) is -2.15. The molecule has 0 saturated carbocycles. The molecule has 0 aliphatic heterocycles. The van der Waals surface area contributed by atoms with Crippen LogP contribution >= 0.6 is 11.8 Å². The van der Waals surface area contributed by atoms with Crippen LogP contribution < -0.4 is 0 Å². The van der Waals surface area contributed by atoms with Crippen LogP contribution in [0.5, 0.6) is 0 Å². The second-order valence-corrected chi connectivity index (χ2v) is 2.61. The van der Waals surface area contributed by atoms with Crippen LogP contribution in [0.4, 0.5) is 0 Å². The van der Waals surface area contributed by atoms with Gasteiger partial charge in [0.2, 0.25) is 6.04 Å². The first-order valence-corrected chi connectivity index (χ1v) is 4.09. The molecule has 0 aromatic carbocycles. The molecule has 1 N–H and O–H groups in total. The highest BCUT2D eigenvalue weighted by atomic mass is 32.2. The van der Waals surface area contributed by atoms with E-state index >= 15 is 0 Å². The molecule has 0 spiro atoms. The molecule has 0 aromatic rings. The Morgan fingerprint density at radius 3 is 2.45 bits per heavy atom. The second-order valence-electron chi connectivity index (χ2n) is 1.75. The average Bonchev–Trinajstić information content (AvgIpc) is 1.88. The van der Waals surface area contributed by atoms with E-state index in [0.29, 0.717) is 0 Å². The Balaban J connectivity index is 4.14. The standard InChI is InChI=1S/C5H7NO4S/c1-11-2-3(7)4(6-10)5(8)9/h4H,2H2,1H3,(H,8,9)/t4-/m0/s1. The lowest BCUT2D eigenvalue weighted by Gasteiger charge is -1.99. The Kier molecular flexibility index (Phi) is 4.44. The van der Waals surface area contributed by atoms with Crippen molar-refractivity contribution in [3.05, 3.63) is 4.91 Å². The summed E-state index contributed by atoms with van der Waals surface area (Å²) >= 11 is 1.16. The molecule has 0 amide bonds. The van der Waals surface area contributed by atoms with E-state index in [2.05, 4.69) is 5.18 Å². The minimum absolute atomic E-state index is 0.00269. The summed E-state index contributed by atoms with van der Waals surface area (Å²) in [6.45, 7) is 0. The van der Waals surface area contributed by atoms with E-state index < -0.39 is 17.8 Å². The molecule has 0 unspecified atom stereocenters. The van der Waals surface area contributed by atoms with Crippen LogP contribution in [0.2, 0.25) is 0 Å². The van der Waals surface area contributed by atoms with Gasteiger partial charge in [-0.25, -0.2) is 4.79 Å². The Hall–Kier alpha value is -0.910. The first-order valence-electron chi connectivity index (χ1n) is 2.70. The van der Waals surface area contributed by atoms with Crippen LogP contribution in [0, 0.1) is 4.91 Å². The maximum absolute atomic E-state index is 10.7. The first kappa shape index (κ1) is 10.1. The van der Waals surface area contributed by atoms with Crippen molar-refractivity contribution >= 4 is 23.5 Å². The van der Waals surface area contributed by atoms with Gasteiger partial charge < -0.3 is 5.11 Å². The zero-order valence-corrected chi connectivity index (χ0v) is 6.63. The third kappa shape index (κ3) is 3.13. The van der Waals surface area contributed by atoms with E-state index in [0.717, 1.165) is 11.8 Å². The van der Waals surface area contributed by atoms with E-state index in [-0.39, 0.29) is 5.75 Å². The fourth-order valence-corrected chi connectivity index (χ4v) is 0.905. The minimum Gasteiger partial charge on any atom is -0.479 e. The van der Waals surface area contributed by atoms with E-state index in [1.165, 1.54) is 0 Å². The second kappa shape index (κ2) is 4.84. The van der Waals surface area contributed by atoms with Gasteiger partial charge in [0.05, 0.1) is 5.75 Å². The van der Waals surface area contributed by atoms with Gasteiger partial charge in [0.15, 0.2) is 5.78 Å². The van der Waals surface area contributed by atoms with Crippen molar-refractivity contribution in [3.8, 4) is 0 Å². The van der Waals surface area contributed by atoms with Gasteiger partial charge in [-0.15, -0.1) is 4.91 Å². The quantitative estimate of drug-likeness (QED) is 0.477. The van der Waals surface area contributed by atoms with E-state index in [9.17, 15) is 14.5 Å². The fraction of sp³-hybridized carbons (Fsp3) is 0.600. The highest BCUT2D eigenvalue weighted by molar-refractivity contribution is 7.99. The van der Waals surface area contributed by atoms with Crippen molar-refractivity contribution < 1.29 is 14.7 Å². The van der Waals surface area contributed by atoms with Crippen molar-refractivity contribution in [3.63, 3.8) is 0 Å². The normalized spacial score (nSPS) is 12.1. The smallest absolute Gasteiger partial charge is 0.340 e. The maximum atomic E-state index is 10.7. The van der Waals surface area contributed by atoms with Crippen molar-refractivity contribution in [1.29, 1.82) is 0 Å². The Morgan fingerprint density at radius 2 is 2.18 bits per heavy atom. The number of carbonyl (C=O) groups is 2. The number of hydrogen-bond donors (Lipinski definition) is 1. The Bertz CT molecular complexity index is 181. The van der Waals surface area contributed by atoms with Crippen LogP contribution in [-0.2, 0) is 9.59 Å². The van der Waals surface area contributed by atoms with E-state index in [1.807, 2.05) is 0 Å². The molecule has 6 heteroatoms. The monoisotopic (exact) mass is 177 g/mol. The predicted molar refractivity (Wildman–Crippen MR) is 40.6 cm³/mol. The lowest BCUT2D eigenvalue weighted by molar-refractivity contribution is -0.141. The molecular formula is C5H7NO4S. The number of nitroso groups, excluding NO2 is 1. The van der Waals surface area contributed by atoms with Crippen LogP contribution in [-0.4, -0.2) is 34.9 Å². The number of aliphatic carboxylic acids is 1. The van der Waals surface area contributed by atoms with Gasteiger partial charge in [-0.2, -0.15) is 11.8 Å². The summed E-state index contributed by atoms with van der Waals surface area (Å²) in [6.07, 6.45) is 1.64. The summed E-state index contributed by atoms with van der Waals surface area (Å²) in [7, 11) is 0. The Morgan fingerprint density at radius 1 is 1.64 bits per heavy atom. The maximum Gasteiger partial charge on any atom is 0.340 e. The SMILES string of the molecule is CSCC(=O)[C@H](N=O)C(=O)O. The van der Waals surface area contributed by atoms with Gasteiger partial charge in [0.1, 0.15) is 0 Å². The molecule has 0 aliphatic carbocycles. The average molecular weight is 177 g/mol. The van der Waals surface area contributed by atoms with Gasteiger partial charge in [0, 0.05) is 0 Å². The number of rotatable bonds is 5. The van der Waals surface area contributed by atoms with Crippen molar-refractivity contribution in [1.82, 2.24) is 0 Å². The van der Waals surface area contributed by atoms with Crippen LogP contribution in [0.3, 0.4) is 0 Å². The molecule has 62 valence electrons. The molecule has 0 aliphatic rings. The molecule has 0 radical (unpaired) electrons. The number of nitrogens with zero attached hydrogens (tertiary/aromatic N) is 1. The molecule has 0 aromatic heterocycles. The predicted octanol–water partition coefficient (Wildman–Crippen LogP) is 0.138. The number of ketones is 1. The molecule has 0 fully saturated rings.